The van der Waals surface area contributed by atoms with Gasteiger partial charge in [0.1, 0.15) is 0 Å². The van der Waals surface area contributed by atoms with Crippen LogP contribution in [0.1, 0.15) is 6.92 Å². The summed E-state index contributed by atoms with van der Waals surface area (Å²) in [4.78, 5) is 11.9. The Morgan fingerprint density at radius 3 is 2.19 bits per heavy atom. The second-order valence-electron chi connectivity index (χ2n) is 4.79. The van der Waals surface area contributed by atoms with Gasteiger partial charge in [-0.3, -0.25) is 4.79 Å². The molecule has 0 aliphatic carbocycles. The van der Waals surface area contributed by atoms with Crippen molar-refractivity contribution in [3.8, 4) is 0 Å². The van der Waals surface area contributed by atoms with Crippen LogP contribution in [-0.2, 0) is 4.79 Å². The molecule has 88 valence electrons. The first kappa shape index (κ1) is 13.0. The Morgan fingerprint density at radius 2 is 1.75 bits per heavy atom. The summed E-state index contributed by atoms with van der Waals surface area (Å²) in [5.41, 5.74) is 0.773. The molecule has 1 N–H and O–H groups in total. The van der Waals surface area contributed by atoms with Crippen LogP contribution in [0.2, 0.25) is 5.02 Å². The number of nitrogens with zero attached hydrogens (tertiary/aromatic N) is 1. The number of hydrogen-bond acceptors (Lipinski definition) is 1. The average Bonchev–Trinajstić information content (AvgIpc) is 2.19. The minimum absolute atomic E-state index is 0.00909. The van der Waals surface area contributed by atoms with Crippen molar-refractivity contribution >= 4 is 23.2 Å². The normalized spacial score (nSPS) is 13.3. The zero-order chi connectivity index (χ0) is 12.3. The lowest BCUT2D eigenvalue weighted by Gasteiger charge is -2.30. The van der Waals surface area contributed by atoms with Crippen molar-refractivity contribution in [3.63, 3.8) is 0 Å². The van der Waals surface area contributed by atoms with E-state index in [4.69, 9.17) is 11.6 Å². The molecule has 0 aromatic heterocycles. The van der Waals surface area contributed by atoms with Gasteiger partial charge in [-0.25, -0.2) is 0 Å². The number of carbonyl (C=O) groups is 1. The molecule has 1 aromatic carbocycles. The van der Waals surface area contributed by atoms with Crippen molar-refractivity contribution in [2.75, 3.05) is 26.5 Å². The maximum Gasteiger partial charge on any atom is 0.282 e. The Balaban J connectivity index is 2.68. The van der Waals surface area contributed by atoms with Crippen molar-refractivity contribution in [1.82, 2.24) is 0 Å². The molecule has 0 heterocycles. The Kier molecular flexibility index (Phi) is 3.94. The minimum atomic E-state index is -0.101. The van der Waals surface area contributed by atoms with E-state index >= 15 is 0 Å². The molecule has 0 unspecified atom stereocenters. The van der Waals surface area contributed by atoms with Crippen LogP contribution in [0.25, 0.3) is 0 Å². The predicted octanol–water partition coefficient (Wildman–Crippen LogP) is 2.37. The van der Waals surface area contributed by atoms with Crippen molar-refractivity contribution in [1.29, 1.82) is 0 Å². The van der Waals surface area contributed by atoms with Gasteiger partial charge in [0.15, 0.2) is 6.04 Å². The fourth-order valence-corrected chi connectivity index (χ4v) is 1.26. The van der Waals surface area contributed by atoms with Gasteiger partial charge in [-0.1, -0.05) is 11.6 Å². The van der Waals surface area contributed by atoms with E-state index in [1.807, 2.05) is 28.1 Å². The van der Waals surface area contributed by atoms with Crippen molar-refractivity contribution < 1.29 is 9.28 Å². The van der Waals surface area contributed by atoms with Gasteiger partial charge in [0.25, 0.3) is 5.91 Å². The van der Waals surface area contributed by atoms with Gasteiger partial charge in [-0.05, 0) is 31.2 Å². The lowest BCUT2D eigenvalue weighted by atomic mass is 10.2. The molecule has 16 heavy (non-hydrogen) atoms. The molecule has 0 aliphatic rings. The molecule has 1 aromatic rings. The summed E-state index contributed by atoms with van der Waals surface area (Å²) in [7, 11) is 5.98. The number of hydrogen-bond donors (Lipinski definition) is 1. The molecule has 0 aliphatic heterocycles. The topological polar surface area (TPSA) is 29.1 Å². The molecule has 0 saturated heterocycles. The van der Waals surface area contributed by atoms with Gasteiger partial charge < -0.3 is 9.80 Å². The van der Waals surface area contributed by atoms with Crippen LogP contribution in [0.5, 0.6) is 0 Å². The number of benzene rings is 1. The third kappa shape index (κ3) is 3.51. The monoisotopic (exact) mass is 241 g/mol. The van der Waals surface area contributed by atoms with Gasteiger partial charge in [0, 0.05) is 10.7 Å². The number of carbonyl (C=O) groups excluding carboxylic acids is 1. The van der Waals surface area contributed by atoms with Crippen LogP contribution in [0.4, 0.5) is 5.69 Å². The van der Waals surface area contributed by atoms with E-state index < -0.39 is 0 Å². The second-order valence-corrected chi connectivity index (χ2v) is 5.22. The van der Waals surface area contributed by atoms with E-state index in [9.17, 15) is 4.79 Å². The molecule has 0 bridgehead atoms. The summed E-state index contributed by atoms with van der Waals surface area (Å²) < 4.78 is 0.597. The number of nitrogens with one attached hydrogen (secondary N) is 1. The molecule has 1 amide bonds. The standard InChI is InChI=1S/C12H17ClN2O/c1-9(15(2,3)4)12(16)14-11-7-5-10(13)6-8-11/h5-9H,1-4H3/p+1/t9-/m0/s1. The van der Waals surface area contributed by atoms with Gasteiger partial charge in [0.05, 0.1) is 21.1 Å². The number of anilines is 1. The van der Waals surface area contributed by atoms with E-state index in [0.717, 1.165) is 5.69 Å². The first-order valence-corrected chi connectivity index (χ1v) is 5.56. The molecule has 0 saturated carbocycles. The van der Waals surface area contributed by atoms with Crippen LogP contribution >= 0.6 is 11.6 Å². The molecular formula is C12H18ClN2O+. The molecule has 3 nitrogen and oxygen atoms in total. The van der Waals surface area contributed by atoms with E-state index in [-0.39, 0.29) is 11.9 Å². The Labute approximate surface area is 102 Å². The smallest absolute Gasteiger partial charge is 0.282 e. The minimum Gasteiger partial charge on any atom is -0.321 e. The summed E-state index contributed by atoms with van der Waals surface area (Å²) in [5.74, 6) is 0.00909. The zero-order valence-electron chi connectivity index (χ0n) is 10.1. The Bertz CT molecular complexity index is 368. The highest BCUT2D eigenvalue weighted by atomic mass is 35.5. The molecule has 0 radical (unpaired) electrons. The number of likely N-dealkylation sites (N-methyl/N-ethyl adjacent to an activating group) is 1. The molecule has 1 atom stereocenters. The lowest BCUT2D eigenvalue weighted by molar-refractivity contribution is -0.884. The highest BCUT2D eigenvalue weighted by Crippen LogP contribution is 2.14. The maximum atomic E-state index is 11.9. The van der Waals surface area contributed by atoms with Crippen LogP contribution in [0.15, 0.2) is 24.3 Å². The van der Waals surface area contributed by atoms with E-state index in [1.165, 1.54) is 0 Å². The maximum absolute atomic E-state index is 11.9. The first-order chi connectivity index (χ1) is 7.30. The fourth-order valence-electron chi connectivity index (χ4n) is 1.13. The van der Waals surface area contributed by atoms with Gasteiger partial charge in [-0.2, -0.15) is 0 Å². The molecular weight excluding hydrogens is 224 g/mol. The zero-order valence-corrected chi connectivity index (χ0v) is 10.9. The molecule has 0 spiro atoms. The van der Waals surface area contributed by atoms with Gasteiger partial charge in [-0.15, -0.1) is 0 Å². The fraction of sp³-hybridized carbons (Fsp3) is 0.417. The largest absolute Gasteiger partial charge is 0.321 e. The number of quaternary nitrogens is 1. The molecule has 4 heteroatoms. The summed E-state index contributed by atoms with van der Waals surface area (Å²) in [6, 6.07) is 7.00. The van der Waals surface area contributed by atoms with E-state index in [1.54, 1.807) is 24.3 Å². The van der Waals surface area contributed by atoms with Crippen LogP contribution in [0, 0.1) is 0 Å². The van der Waals surface area contributed by atoms with Gasteiger partial charge in [0.2, 0.25) is 0 Å². The van der Waals surface area contributed by atoms with Crippen LogP contribution in [-0.4, -0.2) is 37.6 Å². The second kappa shape index (κ2) is 4.85. The molecule has 0 fully saturated rings. The summed E-state index contributed by atoms with van der Waals surface area (Å²) >= 11 is 5.77. The van der Waals surface area contributed by atoms with Crippen molar-refractivity contribution in [2.24, 2.45) is 0 Å². The van der Waals surface area contributed by atoms with Crippen molar-refractivity contribution in [3.05, 3.63) is 29.3 Å². The Morgan fingerprint density at radius 1 is 1.25 bits per heavy atom. The van der Waals surface area contributed by atoms with Crippen molar-refractivity contribution in [2.45, 2.75) is 13.0 Å². The van der Waals surface area contributed by atoms with Crippen LogP contribution in [0.3, 0.4) is 0 Å². The number of amides is 1. The number of rotatable bonds is 3. The third-order valence-electron chi connectivity index (χ3n) is 2.65. The van der Waals surface area contributed by atoms with E-state index in [2.05, 4.69) is 5.32 Å². The first-order valence-electron chi connectivity index (χ1n) is 5.18. The third-order valence-corrected chi connectivity index (χ3v) is 2.91. The summed E-state index contributed by atoms with van der Waals surface area (Å²) in [5, 5.41) is 3.53. The van der Waals surface area contributed by atoms with E-state index in [0.29, 0.717) is 9.51 Å². The highest BCUT2D eigenvalue weighted by molar-refractivity contribution is 6.30. The SMILES string of the molecule is C[C@@H](C(=O)Nc1ccc(Cl)cc1)[N+](C)(C)C. The quantitative estimate of drug-likeness (QED) is 0.809. The van der Waals surface area contributed by atoms with Crippen LogP contribution < -0.4 is 5.32 Å². The predicted molar refractivity (Wildman–Crippen MR) is 67.6 cm³/mol. The summed E-state index contributed by atoms with van der Waals surface area (Å²) in [6.07, 6.45) is 0. The lowest BCUT2D eigenvalue weighted by Crippen LogP contribution is -2.49. The highest BCUT2D eigenvalue weighted by Gasteiger charge is 2.26. The average molecular weight is 242 g/mol. The Hall–Kier alpha value is -1.06. The number of halogens is 1. The molecule has 1 rings (SSSR count). The van der Waals surface area contributed by atoms with Gasteiger partial charge >= 0.3 is 0 Å². The summed E-state index contributed by atoms with van der Waals surface area (Å²) in [6.45, 7) is 1.91.